The average molecular weight is 282 g/mol. The maximum atomic E-state index is 9.72. The molecule has 2 aromatic rings. The fraction of sp³-hybridized carbons (Fsp3) is 0.0667. The van der Waals surface area contributed by atoms with Gasteiger partial charge in [0.2, 0.25) is 0 Å². The number of rotatable bonds is 3. The summed E-state index contributed by atoms with van der Waals surface area (Å²) in [6, 6.07) is 14.1. The minimum Gasteiger partial charge on any atom is -0.507 e. The van der Waals surface area contributed by atoms with Crippen LogP contribution in [0.4, 0.5) is 0 Å². The molecule has 0 amide bonds. The Hall–Kier alpha value is -2.63. The number of aromatic hydroxyl groups is 1. The van der Waals surface area contributed by atoms with Crippen LogP contribution in [0.25, 0.3) is 0 Å². The third-order valence-electron chi connectivity index (χ3n) is 2.63. The van der Waals surface area contributed by atoms with Crippen molar-refractivity contribution in [3.63, 3.8) is 0 Å². The Kier molecular flexibility index (Phi) is 4.14. The number of hydrogen-bond donors (Lipinski definition) is 1. The normalized spacial score (nSPS) is 9.55. The van der Waals surface area contributed by atoms with Gasteiger partial charge < -0.3 is 9.84 Å². The Morgan fingerprint density at radius 1 is 1.15 bits per heavy atom. The van der Waals surface area contributed by atoms with Crippen LogP contribution in [0.15, 0.2) is 46.2 Å². The van der Waals surface area contributed by atoms with Gasteiger partial charge in [0.1, 0.15) is 29.2 Å². The average Bonchev–Trinajstić information content (AvgIpc) is 2.48. The van der Waals surface area contributed by atoms with Gasteiger partial charge in [-0.15, -0.1) is 0 Å². The third-order valence-corrected chi connectivity index (χ3v) is 3.75. The molecule has 5 heteroatoms. The molecule has 0 saturated heterocycles. The van der Waals surface area contributed by atoms with E-state index < -0.39 is 0 Å². The van der Waals surface area contributed by atoms with Crippen LogP contribution in [0.3, 0.4) is 0 Å². The lowest BCUT2D eigenvalue weighted by molar-refractivity contribution is 0.413. The molecule has 2 aromatic carbocycles. The predicted octanol–water partition coefficient (Wildman–Crippen LogP) is 3.30. The molecule has 1 N–H and O–H groups in total. The van der Waals surface area contributed by atoms with E-state index in [9.17, 15) is 5.11 Å². The highest BCUT2D eigenvalue weighted by Gasteiger charge is 2.14. The van der Waals surface area contributed by atoms with E-state index in [0.717, 1.165) is 4.90 Å². The fourth-order valence-electron chi connectivity index (χ4n) is 1.66. The molecule has 0 radical (unpaired) electrons. The summed E-state index contributed by atoms with van der Waals surface area (Å²) in [5.41, 5.74) is 0.462. The van der Waals surface area contributed by atoms with Crippen LogP contribution in [-0.2, 0) is 0 Å². The molecule has 0 bridgehead atoms. The number of phenolic OH excluding ortho intramolecular Hbond substituents is 1. The Balaban J connectivity index is 2.50. The molecule has 0 spiro atoms. The minimum atomic E-state index is -0.128. The molecule has 0 unspecified atom stereocenters. The Bertz CT molecular complexity index is 730. The number of nitrogens with zero attached hydrogens (tertiary/aromatic N) is 2. The number of phenols is 1. The molecule has 0 atom stereocenters. The highest BCUT2D eigenvalue weighted by Crippen LogP contribution is 2.37. The Morgan fingerprint density at radius 2 is 1.95 bits per heavy atom. The summed E-state index contributed by atoms with van der Waals surface area (Å²) in [6.07, 6.45) is 0. The summed E-state index contributed by atoms with van der Waals surface area (Å²) < 4.78 is 5.14. The summed E-state index contributed by atoms with van der Waals surface area (Å²) in [5.74, 6) is 0.559. The molecule has 98 valence electrons. The van der Waals surface area contributed by atoms with Crippen LogP contribution in [0.2, 0.25) is 0 Å². The van der Waals surface area contributed by atoms with Crippen molar-refractivity contribution in [1.82, 2.24) is 0 Å². The first-order chi connectivity index (χ1) is 9.69. The molecule has 0 heterocycles. The maximum absolute atomic E-state index is 9.72. The lowest BCUT2D eigenvalue weighted by Crippen LogP contribution is -1.89. The molecule has 0 aliphatic carbocycles. The second-order valence-corrected chi connectivity index (χ2v) is 4.92. The zero-order valence-corrected chi connectivity index (χ0v) is 11.4. The standard InChI is InChI=1S/C15H10N2O2S/c1-19-11-3-2-4-12(7-11)20-15-10(8-16)5-6-14(18)13(15)9-17/h2-7,18H,1H3. The van der Waals surface area contributed by atoms with Gasteiger partial charge in [-0.05, 0) is 30.3 Å². The van der Waals surface area contributed by atoms with E-state index in [1.165, 1.54) is 23.9 Å². The molecule has 0 aliphatic rings. The summed E-state index contributed by atoms with van der Waals surface area (Å²) in [4.78, 5) is 1.27. The van der Waals surface area contributed by atoms with E-state index in [-0.39, 0.29) is 11.3 Å². The highest BCUT2D eigenvalue weighted by molar-refractivity contribution is 7.99. The first-order valence-electron chi connectivity index (χ1n) is 5.67. The Morgan fingerprint density at radius 3 is 2.60 bits per heavy atom. The van der Waals surface area contributed by atoms with Crippen LogP contribution in [0.1, 0.15) is 11.1 Å². The van der Waals surface area contributed by atoms with E-state index in [1.54, 1.807) is 13.2 Å². The summed E-state index contributed by atoms with van der Waals surface area (Å²) in [5, 5.41) is 28.0. The van der Waals surface area contributed by atoms with Gasteiger partial charge >= 0.3 is 0 Å². The predicted molar refractivity (Wildman–Crippen MR) is 74.7 cm³/mol. The summed E-state index contributed by atoms with van der Waals surface area (Å²) in [6.45, 7) is 0. The molecule has 2 rings (SSSR count). The first kappa shape index (κ1) is 13.8. The Labute approximate surface area is 120 Å². The van der Waals surface area contributed by atoms with Crippen LogP contribution >= 0.6 is 11.8 Å². The first-order valence-corrected chi connectivity index (χ1v) is 6.49. The molecule has 0 saturated carbocycles. The number of methoxy groups -OCH3 is 1. The van der Waals surface area contributed by atoms with Crippen molar-refractivity contribution < 1.29 is 9.84 Å². The van der Waals surface area contributed by atoms with Crippen molar-refractivity contribution in [2.24, 2.45) is 0 Å². The molecule has 0 aromatic heterocycles. The van der Waals surface area contributed by atoms with Crippen LogP contribution < -0.4 is 4.74 Å². The van der Waals surface area contributed by atoms with Crippen molar-refractivity contribution in [1.29, 1.82) is 10.5 Å². The quantitative estimate of drug-likeness (QED) is 0.934. The SMILES string of the molecule is COc1cccc(Sc2c(C#N)ccc(O)c2C#N)c1. The molecule has 0 fully saturated rings. The van der Waals surface area contributed by atoms with Gasteiger partial charge in [-0.1, -0.05) is 17.8 Å². The largest absolute Gasteiger partial charge is 0.507 e. The smallest absolute Gasteiger partial charge is 0.134 e. The summed E-state index contributed by atoms with van der Waals surface area (Å²) in [7, 11) is 1.57. The zero-order chi connectivity index (χ0) is 14.5. The van der Waals surface area contributed by atoms with Crippen molar-refractivity contribution in [2.45, 2.75) is 9.79 Å². The van der Waals surface area contributed by atoms with E-state index in [1.807, 2.05) is 30.3 Å². The summed E-state index contributed by atoms with van der Waals surface area (Å²) >= 11 is 1.25. The van der Waals surface area contributed by atoms with Crippen LogP contribution in [0.5, 0.6) is 11.5 Å². The minimum absolute atomic E-state index is 0.108. The fourth-order valence-corrected chi connectivity index (χ4v) is 2.69. The van der Waals surface area contributed by atoms with Gasteiger partial charge in [-0.25, -0.2) is 0 Å². The third kappa shape index (κ3) is 2.69. The van der Waals surface area contributed by atoms with Crippen molar-refractivity contribution in [3.8, 4) is 23.6 Å². The second kappa shape index (κ2) is 6.01. The van der Waals surface area contributed by atoms with Crippen LogP contribution in [-0.4, -0.2) is 12.2 Å². The van der Waals surface area contributed by atoms with Crippen molar-refractivity contribution >= 4 is 11.8 Å². The van der Waals surface area contributed by atoms with Crippen molar-refractivity contribution in [2.75, 3.05) is 7.11 Å². The van der Waals surface area contributed by atoms with E-state index in [2.05, 4.69) is 0 Å². The topological polar surface area (TPSA) is 77.0 Å². The van der Waals surface area contributed by atoms with E-state index in [4.69, 9.17) is 15.3 Å². The number of ether oxygens (including phenoxy) is 1. The molecule has 0 aliphatic heterocycles. The van der Waals surface area contributed by atoms with E-state index >= 15 is 0 Å². The van der Waals surface area contributed by atoms with Gasteiger partial charge in [0.15, 0.2) is 0 Å². The van der Waals surface area contributed by atoms with Gasteiger partial charge in [0, 0.05) is 4.90 Å². The van der Waals surface area contributed by atoms with Gasteiger partial charge in [-0.2, -0.15) is 10.5 Å². The molecular formula is C15H10N2O2S. The van der Waals surface area contributed by atoms with Crippen molar-refractivity contribution in [3.05, 3.63) is 47.5 Å². The van der Waals surface area contributed by atoms with Gasteiger partial charge in [0.25, 0.3) is 0 Å². The highest BCUT2D eigenvalue weighted by atomic mass is 32.2. The number of hydrogen-bond acceptors (Lipinski definition) is 5. The van der Waals surface area contributed by atoms with Gasteiger partial charge in [0.05, 0.1) is 17.6 Å². The molecule has 20 heavy (non-hydrogen) atoms. The monoisotopic (exact) mass is 282 g/mol. The lowest BCUT2D eigenvalue weighted by atomic mass is 10.1. The van der Waals surface area contributed by atoms with Gasteiger partial charge in [-0.3, -0.25) is 0 Å². The molecule has 4 nitrogen and oxygen atoms in total. The zero-order valence-electron chi connectivity index (χ0n) is 10.6. The molecular weight excluding hydrogens is 272 g/mol. The number of benzene rings is 2. The number of nitriles is 2. The maximum Gasteiger partial charge on any atom is 0.134 e. The van der Waals surface area contributed by atoms with Crippen LogP contribution in [0, 0.1) is 22.7 Å². The lowest BCUT2D eigenvalue weighted by Gasteiger charge is -2.08. The second-order valence-electron chi connectivity index (χ2n) is 3.84. The van der Waals surface area contributed by atoms with E-state index in [0.29, 0.717) is 16.2 Å².